The molecule has 0 unspecified atom stereocenters. The Balaban J connectivity index is 2.17. The van der Waals surface area contributed by atoms with Crippen LogP contribution in [0.1, 0.15) is 16.1 Å². The van der Waals surface area contributed by atoms with Crippen molar-refractivity contribution in [1.82, 2.24) is 5.16 Å². The highest BCUT2D eigenvalue weighted by atomic mass is 35.5. The van der Waals surface area contributed by atoms with E-state index < -0.39 is 5.97 Å². The van der Waals surface area contributed by atoms with Gasteiger partial charge in [0, 0.05) is 11.1 Å². The standard InChI is InChI=1S/C11H8ClNO4/c12-7-1-2-10(9(5-7)11(14)15)16-6-8-3-4-13-17-8/h1-5H,6H2,(H,14,15). The fraction of sp³-hybridized carbons (Fsp3) is 0.0909. The Kier molecular flexibility index (Phi) is 3.30. The minimum Gasteiger partial charge on any atom is -0.485 e. The number of hydrogen-bond acceptors (Lipinski definition) is 4. The number of benzene rings is 1. The Labute approximate surface area is 102 Å². The molecule has 0 spiro atoms. The van der Waals surface area contributed by atoms with E-state index in [0.29, 0.717) is 10.8 Å². The van der Waals surface area contributed by atoms with Crippen molar-refractivity contribution in [3.63, 3.8) is 0 Å². The zero-order valence-electron chi connectivity index (χ0n) is 8.59. The van der Waals surface area contributed by atoms with Crippen molar-refractivity contribution in [2.45, 2.75) is 6.61 Å². The average Bonchev–Trinajstić information content (AvgIpc) is 2.80. The summed E-state index contributed by atoms with van der Waals surface area (Å²) < 4.78 is 10.2. The van der Waals surface area contributed by atoms with Gasteiger partial charge in [-0.05, 0) is 18.2 Å². The van der Waals surface area contributed by atoms with Crippen molar-refractivity contribution in [2.24, 2.45) is 0 Å². The van der Waals surface area contributed by atoms with Crippen LogP contribution in [0.25, 0.3) is 0 Å². The molecule has 0 saturated carbocycles. The van der Waals surface area contributed by atoms with Gasteiger partial charge in [-0.25, -0.2) is 4.79 Å². The van der Waals surface area contributed by atoms with Crippen LogP contribution in [0, 0.1) is 0 Å². The maximum Gasteiger partial charge on any atom is 0.339 e. The third-order valence-electron chi connectivity index (χ3n) is 2.03. The maximum atomic E-state index is 11.0. The number of ether oxygens (including phenoxy) is 1. The fourth-order valence-corrected chi connectivity index (χ4v) is 1.43. The van der Waals surface area contributed by atoms with Crippen LogP contribution in [0.15, 0.2) is 35.0 Å². The van der Waals surface area contributed by atoms with E-state index in [1.165, 1.54) is 18.3 Å². The van der Waals surface area contributed by atoms with Crippen LogP contribution in [0.4, 0.5) is 0 Å². The summed E-state index contributed by atoms with van der Waals surface area (Å²) in [6, 6.07) is 6.03. The van der Waals surface area contributed by atoms with Crippen LogP contribution in [-0.2, 0) is 6.61 Å². The zero-order valence-corrected chi connectivity index (χ0v) is 9.35. The van der Waals surface area contributed by atoms with Crippen LogP contribution in [0.2, 0.25) is 5.02 Å². The van der Waals surface area contributed by atoms with Crippen molar-refractivity contribution in [1.29, 1.82) is 0 Å². The number of halogens is 1. The van der Waals surface area contributed by atoms with Crippen molar-refractivity contribution >= 4 is 17.6 Å². The smallest absolute Gasteiger partial charge is 0.339 e. The van der Waals surface area contributed by atoms with E-state index in [-0.39, 0.29) is 17.9 Å². The molecule has 0 saturated heterocycles. The van der Waals surface area contributed by atoms with Gasteiger partial charge in [-0.3, -0.25) is 0 Å². The quantitative estimate of drug-likeness (QED) is 0.907. The van der Waals surface area contributed by atoms with Gasteiger partial charge in [0.2, 0.25) is 0 Å². The summed E-state index contributed by atoms with van der Waals surface area (Å²) in [5, 5.41) is 12.8. The van der Waals surface area contributed by atoms with E-state index in [1.807, 2.05) is 0 Å². The molecule has 0 amide bonds. The first kappa shape index (κ1) is 11.5. The number of carbonyl (C=O) groups is 1. The Hall–Kier alpha value is -2.01. The summed E-state index contributed by atoms with van der Waals surface area (Å²) in [4.78, 5) is 11.0. The summed E-state index contributed by atoms with van der Waals surface area (Å²) in [5.74, 6) is -0.352. The normalized spacial score (nSPS) is 10.2. The summed E-state index contributed by atoms with van der Waals surface area (Å²) in [6.07, 6.45) is 1.48. The lowest BCUT2D eigenvalue weighted by Crippen LogP contribution is -2.03. The van der Waals surface area contributed by atoms with Crippen molar-refractivity contribution < 1.29 is 19.2 Å². The van der Waals surface area contributed by atoms with E-state index in [0.717, 1.165) is 0 Å². The van der Waals surface area contributed by atoms with Crippen LogP contribution >= 0.6 is 11.6 Å². The first-order chi connectivity index (χ1) is 8.16. The third-order valence-corrected chi connectivity index (χ3v) is 2.27. The van der Waals surface area contributed by atoms with E-state index in [4.69, 9.17) is 26.0 Å². The number of rotatable bonds is 4. The Morgan fingerprint density at radius 1 is 1.47 bits per heavy atom. The Morgan fingerprint density at radius 3 is 2.94 bits per heavy atom. The molecule has 5 nitrogen and oxygen atoms in total. The summed E-state index contributed by atoms with van der Waals surface area (Å²) >= 11 is 5.71. The van der Waals surface area contributed by atoms with Crippen molar-refractivity contribution in [2.75, 3.05) is 0 Å². The molecule has 2 rings (SSSR count). The highest BCUT2D eigenvalue weighted by molar-refractivity contribution is 6.31. The van der Waals surface area contributed by atoms with Gasteiger partial charge >= 0.3 is 5.97 Å². The minimum atomic E-state index is -1.10. The molecule has 1 aromatic carbocycles. The van der Waals surface area contributed by atoms with Gasteiger partial charge in [-0.15, -0.1) is 0 Å². The summed E-state index contributed by atoms with van der Waals surface area (Å²) in [6.45, 7) is 0.113. The Bertz CT molecular complexity index is 524. The topological polar surface area (TPSA) is 72.6 Å². The number of carboxylic acids is 1. The molecule has 88 valence electrons. The van der Waals surface area contributed by atoms with Crippen LogP contribution in [0.3, 0.4) is 0 Å². The molecule has 0 aliphatic carbocycles. The van der Waals surface area contributed by atoms with Crippen molar-refractivity contribution in [3.8, 4) is 5.75 Å². The van der Waals surface area contributed by atoms with Crippen LogP contribution in [0.5, 0.6) is 5.75 Å². The van der Waals surface area contributed by atoms with E-state index >= 15 is 0 Å². The molecule has 0 bridgehead atoms. The van der Waals surface area contributed by atoms with Crippen molar-refractivity contribution in [3.05, 3.63) is 46.8 Å². The predicted molar refractivity (Wildman–Crippen MR) is 59.2 cm³/mol. The second-order valence-corrected chi connectivity index (χ2v) is 3.65. The number of aromatic carboxylic acids is 1. The first-order valence-electron chi connectivity index (χ1n) is 4.72. The van der Waals surface area contributed by atoms with Gasteiger partial charge in [0.1, 0.15) is 17.9 Å². The summed E-state index contributed by atoms with van der Waals surface area (Å²) in [5.41, 5.74) is 0.0111. The number of aromatic nitrogens is 1. The number of nitrogens with zero attached hydrogens (tertiary/aromatic N) is 1. The highest BCUT2D eigenvalue weighted by Crippen LogP contribution is 2.23. The second-order valence-electron chi connectivity index (χ2n) is 3.21. The molecule has 0 fully saturated rings. The second kappa shape index (κ2) is 4.88. The van der Waals surface area contributed by atoms with Gasteiger partial charge in [-0.2, -0.15) is 0 Å². The predicted octanol–water partition coefficient (Wildman–Crippen LogP) is 2.61. The van der Waals surface area contributed by atoms with Gasteiger partial charge in [0.15, 0.2) is 5.76 Å². The molecule has 1 aromatic heterocycles. The molecular weight excluding hydrogens is 246 g/mol. The molecule has 6 heteroatoms. The van der Waals surface area contributed by atoms with E-state index in [1.54, 1.807) is 12.1 Å². The highest BCUT2D eigenvalue weighted by Gasteiger charge is 2.12. The molecule has 0 aliphatic rings. The van der Waals surface area contributed by atoms with Crippen LogP contribution in [-0.4, -0.2) is 16.2 Å². The van der Waals surface area contributed by atoms with Gasteiger partial charge in [-0.1, -0.05) is 16.8 Å². The van der Waals surface area contributed by atoms with E-state index in [2.05, 4.69) is 5.16 Å². The molecule has 2 aromatic rings. The number of carboxylic acid groups (broad SMARTS) is 1. The molecule has 0 radical (unpaired) electrons. The zero-order chi connectivity index (χ0) is 12.3. The largest absolute Gasteiger partial charge is 0.485 e. The fourth-order valence-electron chi connectivity index (χ4n) is 1.26. The SMILES string of the molecule is O=C(O)c1cc(Cl)ccc1OCc1ccno1. The Morgan fingerprint density at radius 2 is 2.29 bits per heavy atom. The lowest BCUT2D eigenvalue weighted by Gasteiger charge is -2.07. The molecule has 1 N–H and O–H groups in total. The first-order valence-corrected chi connectivity index (χ1v) is 5.10. The summed E-state index contributed by atoms with van der Waals surface area (Å²) in [7, 11) is 0. The van der Waals surface area contributed by atoms with Gasteiger partial charge in [0.05, 0.1) is 6.20 Å². The lowest BCUT2D eigenvalue weighted by molar-refractivity contribution is 0.0691. The average molecular weight is 254 g/mol. The van der Waals surface area contributed by atoms with Crippen LogP contribution < -0.4 is 4.74 Å². The lowest BCUT2D eigenvalue weighted by atomic mass is 10.2. The molecule has 0 atom stereocenters. The molecule has 0 aliphatic heterocycles. The molecular formula is C11H8ClNO4. The van der Waals surface area contributed by atoms with Gasteiger partial charge < -0.3 is 14.4 Å². The minimum absolute atomic E-state index is 0.0111. The maximum absolute atomic E-state index is 11.0. The molecule has 1 heterocycles. The molecule has 17 heavy (non-hydrogen) atoms. The number of hydrogen-bond donors (Lipinski definition) is 1. The monoisotopic (exact) mass is 253 g/mol. The van der Waals surface area contributed by atoms with Gasteiger partial charge in [0.25, 0.3) is 0 Å². The van der Waals surface area contributed by atoms with E-state index in [9.17, 15) is 4.79 Å². The third kappa shape index (κ3) is 2.76.